The van der Waals surface area contributed by atoms with E-state index in [1.807, 2.05) is 42.7 Å². The molecule has 1 fully saturated rings. The predicted molar refractivity (Wildman–Crippen MR) is 119 cm³/mol. The van der Waals surface area contributed by atoms with Crippen molar-refractivity contribution in [2.24, 2.45) is 0 Å². The number of benzene rings is 2. The summed E-state index contributed by atoms with van der Waals surface area (Å²) < 4.78 is 1.69. The third-order valence-corrected chi connectivity index (χ3v) is 5.84. The molecule has 2 aromatic heterocycles. The van der Waals surface area contributed by atoms with Crippen LogP contribution in [0.5, 0.6) is 0 Å². The second-order valence-corrected chi connectivity index (χ2v) is 7.92. The maximum absolute atomic E-state index is 12.4. The van der Waals surface area contributed by atoms with Crippen molar-refractivity contribution in [2.75, 3.05) is 31.2 Å². The Bertz CT molecular complexity index is 1220. The summed E-state index contributed by atoms with van der Waals surface area (Å²) in [5.74, 6) is 1.05. The number of thioether (sulfide) groups is 1. The number of para-hydroxylation sites is 1. The molecule has 5 rings (SSSR count). The molecule has 8 nitrogen and oxygen atoms in total. The molecule has 0 spiro atoms. The van der Waals surface area contributed by atoms with Crippen molar-refractivity contribution < 1.29 is 4.79 Å². The number of amides is 1. The van der Waals surface area contributed by atoms with Gasteiger partial charge < -0.3 is 16.0 Å². The lowest BCUT2D eigenvalue weighted by Crippen LogP contribution is -2.42. The minimum Gasteiger partial charge on any atom is -0.353 e. The van der Waals surface area contributed by atoms with Gasteiger partial charge >= 0.3 is 0 Å². The van der Waals surface area contributed by atoms with Crippen LogP contribution >= 0.6 is 11.8 Å². The van der Waals surface area contributed by atoms with Crippen molar-refractivity contribution in [3.63, 3.8) is 0 Å². The normalized spacial score (nSPS) is 17.1. The number of hydrogen-bond donors (Lipinski definition) is 3. The lowest BCUT2D eigenvalue weighted by molar-refractivity contribution is -0.121. The van der Waals surface area contributed by atoms with Crippen molar-refractivity contribution in [1.82, 2.24) is 30.2 Å². The highest BCUT2D eigenvalue weighted by molar-refractivity contribution is 7.98. The first-order valence-electron chi connectivity index (χ1n) is 9.78. The molecule has 4 aromatic rings. The van der Waals surface area contributed by atoms with Crippen LogP contribution in [0.1, 0.15) is 0 Å². The molecule has 3 heterocycles. The fourth-order valence-corrected chi connectivity index (χ4v) is 3.93. The quantitative estimate of drug-likeness (QED) is 0.436. The van der Waals surface area contributed by atoms with Gasteiger partial charge in [0.1, 0.15) is 6.04 Å². The number of rotatable bonds is 4. The van der Waals surface area contributed by atoms with Crippen LogP contribution in [0.3, 0.4) is 0 Å². The summed E-state index contributed by atoms with van der Waals surface area (Å²) in [7, 11) is 0. The van der Waals surface area contributed by atoms with Gasteiger partial charge in [-0.15, -0.1) is 16.9 Å². The zero-order chi connectivity index (χ0) is 20.5. The van der Waals surface area contributed by atoms with Crippen LogP contribution in [0.25, 0.3) is 27.9 Å². The molecule has 0 aliphatic carbocycles. The van der Waals surface area contributed by atoms with Crippen molar-refractivity contribution in [3.8, 4) is 11.4 Å². The number of nitrogens with one attached hydrogen (secondary N) is 3. The monoisotopic (exact) mass is 419 g/mol. The summed E-state index contributed by atoms with van der Waals surface area (Å²) in [6.45, 7) is 1.86. The lowest BCUT2D eigenvalue weighted by atomic mass is 10.2. The average molecular weight is 420 g/mol. The molecule has 0 radical (unpaired) electrons. The maximum Gasteiger partial charge on any atom is 0.243 e. The van der Waals surface area contributed by atoms with Gasteiger partial charge in [0.15, 0.2) is 11.5 Å². The fraction of sp³-hybridized carbons (Fsp3) is 0.238. The highest BCUT2D eigenvalue weighted by Gasteiger charge is 2.23. The van der Waals surface area contributed by atoms with E-state index in [2.05, 4.69) is 28.1 Å². The fourth-order valence-electron chi connectivity index (χ4n) is 3.52. The molecule has 1 aliphatic heterocycles. The molecule has 3 N–H and O–H groups in total. The Kier molecular flexibility index (Phi) is 4.97. The van der Waals surface area contributed by atoms with Gasteiger partial charge in [-0.3, -0.25) is 4.79 Å². The molecule has 9 heteroatoms. The first kappa shape index (κ1) is 18.8. The molecule has 0 bridgehead atoms. The highest BCUT2D eigenvalue weighted by Crippen LogP contribution is 2.25. The summed E-state index contributed by atoms with van der Waals surface area (Å²) in [5, 5.41) is 15.0. The van der Waals surface area contributed by atoms with Gasteiger partial charge in [-0.05, 0) is 30.5 Å². The number of carbonyl (C=O) groups excluding carboxylic acids is 1. The number of fused-ring (bicyclic) bond motifs is 3. The smallest absolute Gasteiger partial charge is 0.243 e. The number of aromatic nitrogens is 4. The zero-order valence-electron chi connectivity index (χ0n) is 16.4. The van der Waals surface area contributed by atoms with E-state index < -0.39 is 6.04 Å². The third kappa shape index (κ3) is 3.46. The first-order chi connectivity index (χ1) is 14.7. The Labute approximate surface area is 177 Å². The maximum atomic E-state index is 12.4. The molecule has 1 aliphatic rings. The zero-order valence-corrected chi connectivity index (χ0v) is 17.2. The van der Waals surface area contributed by atoms with E-state index in [1.165, 1.54) is 4.90 Å². The predicted octanol–water partition coefficient (Wildman–Crippen LogP) is 2.17. The SMILES string of the molecule is CSc1ccc(-c2nc3c4ccccc4nc(N[C@@H]4CNCCNC4=O)n3n2)cc1. The summed E-state index contributed by atoms with van der Waals surface area (Å²) in [5.41, 5.74) is 2.43. The minimum atomic E-state index is -0.446. The second kappa shape index (κ2) is 7.92. The molecular weight excluding hydrogens is 398 g/mol. The summed E-state index contributed by atoms with van der Waals surface area (Å²) in [6, 6.07) is 15.5. The van der Waals surface area contributed by atoms with E-state index >= 15 is 0 Å². The highest BCUT2D eigenvalue weighted by atomic mass is 32.2. The molecule has 30 heavy (non-hydrogen) atoms. The molecule has 0 unspecified atom stereocenters. The van der Waals surface area contributed by atoms with Gasteiger partial charge in [0.25, 0.3) is 0 Å². The number of anilines is 1. The van der Waals surface area contributed by atoms with Crippen LogP contribution in [-0.2, 0) is 4.79 Å². The van der Waals surface area contributed by atoms with Gasteiger partial charge in [-0.2, -0.15) is 4.52 Å². The van der Waals surface area contributed by atoms with Crippen LogP contribution in [0, 0.1) is 0 Å². The summed E-state index contributed by atoms with van der Waals surface area (Å²) >= 11 is 1.69. The van der Waals surface area contributed by atoms with E-state index in [0.29, 0.717) is 30.5 Å². The van der Waals surface area contributed by atoms with Gasteiger partial charge in [0.05, 0.1) is 5.52 Å². The third-order valence-electron chi connectivity index (χ3n) is 5.10. The van der Waals surface area contributed by atoms with E-state index in [0.717, 1.165) is 23.0 Å². The van der Waals surface area contributed by atoms with Crippen molar-refractivity contribution >= 4 is 40.2 Å². The van der Waals surface area contributed by atoms with E-state index in [-0.39, 0.29) is 5.91 Å². The van der Waals surface area contributed by atoms with Crippen molar-refractivity contribution in [2.45, 2.75) is 10.9 Å². The van der Waals surface area contributed by atoms with Crippen molar-refractivity contribution in [1.29, 1.82) is 0 Å². The van der Waals surface area contributed by atoms with Crippen LogP contribution < -0.4 is 16.0 Å². The molecule has 1 atom stereocenters. The lowest BCUT2D eigenvalue weighted by Gasteiger charge is -2.16. The van der Waals surface area contributed by atoms with Crippen LogP contribution in [-0.4, -0.2) is 57.4 Å². The topological polar surface area (TPSA) is 96.2 Å². The Morgan fingerprint density at radius 3 is 2.77 bits per heavy atom. The van der Waals surface area contributed by atoms with Gasteiger partial charge in [0, 0.05) is 35.5 Å². The average Bonchev–Trinajstić information content (AvgIpc) is 3.14. The summed E-state index contributed by atoms with van der Waals surface area (Å²) in [4.78, 5) is 23.1. The number of hydrogen-bond acceptors (Lipinski definition) is 7. The molecular formula is C21H21N7OS. The largest absolute Gasteiger partial charge is 0.353 e. The molecule has 1 amide bonds. The van der Waals surface area contributed by atoms with Gasteiger partial charge in [-0.1, -0.05) is 24.3 Å². The summed E-state index contributed by atoms with van der Waals surface area (Å²) in [6.07, 6.45) is 2.05. The van der Waals surface area contributed by atoms with Crippen LogP contribution in [0.15, 0.2) is 53.4 Å². The molecule has 2 aromatic carbocycles. The Hall–Kier alpha value is -3.17. The Balaban J connectivity index is 1.63. The van der Waals surface area contributed by atoms with Gasteiger partial charge in [-0.25, -0.2) is 9.97 Å². The minimum absolute atomic E-state index is 0.0592. The van der Waals surface area contributed by atoms with E-state index in [9.17, 15) is 4.79 Å². The second-order valence-electron chi connectivity index (χ2n) is 7.04. The standard InChI is InChI=1S/C21H21N7OS/c1-30-14-8-6-13(7-9-14)18-26-19-15-4-2-3-5-16(15)24-21(28(19)27-18)25-17-12-22-10-11-23-20(17)29/h2-9,17,22H,10-12H2,1H3,(H,23,29)(H,24,25)/t17-/m1/s1. The van der Waals surface area contributed by atoms with E-state index in [1.54, 1.807) is 16.3 Å². The Morgan fingerprint density at radius 2 is 1.93 bits per heavy atom. The Morgan fingerprint density at radius 1 is 1.10 bits per heavy atom. The molecule has 152 valence electrons. The van der Waals surface area contributed by atoms with Crippen molar-refractivity contribution in [3.05, 3.63) is 48.5 Å². The van der Waals surface area contributed by atoms with Crippen LogP contribution in [0.4, 0.5) is 5.95 Å². The van der Waals surface area contributed by atoms with Gasteiger partial charge in [0.2, 0.25) is 11.9 Å². The number of nitrogens with zero attached hydrogens (tertiary/aromatic N) is 4. The first-order valence-corrected chi connectivity index (χ1v) is 11.0. The number of carbonyl (C=O) groups is 1. The molecule has 0 saturated carbocycles. The van der Waals surface area contributed by atoms with E-state index in [4.69, 9.17) is 15.1 Å². The molecule has 1 saturated heterocycles. The van der Waals surface area contributed by atoms with Crippen LogP contribution in [0.2, 0.25) is 0 Å².